The topological polar surface area (TPSA) is 38.1 Å². The molecule has 0 atom stereocenters. The summed E-state index contributed by atoms with van der Waals surface area (Å²) in [6.45, 7) is 2.63. The zero-order chi connectivity index (χ0) is 12.4. The minimum absolute atomic E-state index is 0.682. The smallest absolute Gasteiger partial charge is 0.123 e. The highest BCUT2D eigenvalue weighted by Crippen LogP contribution is 2.22. The van der Waals surface area contributed by atoms with Gasteiger partial charge in [0.2, 0.25) is 0 Å². The molecule has 0 amide bonds. The van der Waals surface area contributed by atoms with E-state index >= 15 is 0 Å². The number of hydrogen-bond acceptors (Lipinski definition) is 3. The molecule has 3 heteroatoms. The van der Waals surface area contributed by atoms with Gasteiger partial charge in [-0.2, -0.15) is 0 Å². The van der Waals surface area contributed by atoms with Gasteiger partial charge in [0, 0.05) is 17.3 Å². The molecule has 0 bridgehead atoms. The van der Waals surface area contributed by atoms with Crippen LogP contribution in [0.25, 0.3) is 10.9 Å². The fourth-order valence-electron chi connectivity index (χ4n) is 2.02. The normalized spacial score (nSPS) is 10.7. The summed E-state index contributed by atoms with van der Waals surface area (Å²) in [5, 5.41) is 4.51. The first-order valence-corrected chi connectivity index (χ1v) is 5.96. The Labute approximate surface area is 105 Å². The summed E-state index contributed by atoms with van der Waals surface area (Å²) < 4.78 is 5.54. The SMILES string of the molecule is Cc1ccc(CNc2cccc3ncccc23)o1. The first-order valence-electron chi connectivity index (χ1n) is 5.96. The number of nitrogens with zero attached hydrogens (tertiary/aromatic N) is 1. The molecule has 0 unspecified atom stereocenters. The minimum atomic E-state index is 0.682. The second-order valence-electron chi connectivity index (χ2n) is 4.24. The van der Waals surface area contributed by atoms with Gasteiger partial charge in [-0.25, -0.2) is 0 Å². The molecule has 3 rings (SSSR count). The summed E-state index contributed by atoms with van der Waals surface area (Å²) in [7, 11) is 0. The van der Waals surface area contributed by atoms with Gasteiger partial charge in [-0.15, -0.1) is 0 Å². The predicted octanol–water partition coefficient (Wildman–Crippen LogP) is 3.75. The van der Waals surface area contributed by atoms with Crippen LogP contribution in [0.2, 0.25) is 0 Å². The fourth-order valence-corrected chi connectivity index (χ4v) is 2.02. The molecular weight excluding hydrogens is 224 g/mol. The highest BCUT2D eigenvalue weighted by Gasteiger charge is 2.02. The summed E-state index contributed by atoms with van der Waals surface area (Å²) in [6.07, 6.45) is 1.81. The third kappa shape index (κ3) is 2.07. The van der Waals surface area contributed by atoms with E-state index in [0.717, 1.165) is 28.1 Å². The average Bonchev–Trinajstić information content (AvgIpc) is 2.82. The van der Waals surface area contributed by atoms with Gasteiger partial charge in [0.05, 0.1) is 12.1 Å². The molecule has 0 saturated carbocycles. The standard InChI is InChI=1S/C15H14N2O/c1-11-7-8-12(18-11)10-17-15-6-2-5-14-13(15)4-3-9-16-14/h2-9,17H,10H2,1H3. The van der Waals surface area contributed by atoms with E-state index in [1.54, 1.807) is 0 Å². The van der Waals surface area contributed by atoms with Gasteiger partial charge in [0.15, 0.2) is 0 Å². The molecule has 1 N–H and O–H groups in total. The van der Waals surface area contributed by atoms with E-state index in [2.05, 4.69) is 22.4 Å². The van der Waals surface area contributed by atoms with Crippen molar-refractivity contribution in [3.8, 4) is 0 Å². The van der Waals surface area contributed by atoms with E-state index in [1.807, 2.05) is 43.5 Å². The Bertz CT molecular complexity index is 668. The lowest BCUT2D eigenvalue weighted by Crippen LogP contribution is -1.98. The van der Waals surface area contributed by atoms with Crippen LogP contribution in [0.5, 0.6) is 0 Å². The number of furan rings is 1. The Morgan fingerprint density at radius 1 is 1.11 bits per heavy atom. The summed E-state index contributed by atoms with van der Waals surface area (Å²) in [6, 6.07) is 14.1. The van der Waals surface area contributed by atoms with E-state index in [9.17, 15) is 0 Å². The predicted molar refractivity (Wildman–Crippen MR) is 72.5 cm³/mol. The molecule has 0 aliphatic rings. The summed E-state index contributed by atoms with van der Waals surface area (Å²) in [5.41, 5.74) is 2.08. The molecule has 0 aliphatic carbocycles. The van der Waals surface area contributed by atoms with E-state index in [0.29, 0.717) is 6.54 Å². The minimum Gasteiger partial charge on any atom is -0.465 e. The van der Waals surface area contributed by atoms with Crippen molar-refractivity contribution in [3.05, 3.63) is 60.2 Å². The van der Waals surface area contributed by atoms with Gasteiger partial charge in [-0.3, -0.25) is 4.98 Å². The Morgan fingerprint density at radius 2 is 2.06 bits per heavy atom. The van der Waals surface area contributed by atoms with Crippen LogP contribution < -0.4 is 5.32 Å². The number of fused-ring (bicyclic) bond motifs is 1. The third-order valence-corrected chi connectivity index (χ3v) is 2.89. The highest BCUT2D eigenvalue weighted by atomic mass is 16.3. The van der Waals surface area contributed by atoms with Crippen LogP contribution in [0, 0.1) is 6.92 Å². The molecule has 2 heterocycles. The molecule has 0 saturated heterocycles. The zero-order valence-corrected chi connectivity index (χ0v) is 10.2. The maximum absolute atomic E-state index is 5.54. The lowest BCUT2D eigenvalue weighted by atomic mass is 10.2. The van der Waals surface area contributed by atoms with Crippen LogP contribution in [0.1, 0.15) is 11.5 Å². The van der Waals surface area contributed by atoms with Gasteiger partial charge in [0.25, 0.3) is 0 Å². The number of aryl methyl sites for hydroxylation is 1. The van der Waals surface area contributed by atoms with E-state index in [1.165, 1.54) is 0 Å². The van der Waals surface area contributed by atoms with Gasteiger partial charge >= 0.3 is 0 Å². The molecule has 0 radical (unpaired) electrons. The highest BCUT2D eigenvalue weighted by molar-refractivity contribution is 5.91. The van der Waals surface area contributed by atoms with Crippen LogP contribution in [0.4, 0.5) is 5.69 Å². The van der Waals surface area contributed by atoms with E-state index in [4.69, 9.17) is 4.42 Å². The fraction of sp³-hybridized carbons (Fsp3) is 0.133. The molecule has 3 aromatic rings. The lowest BCUT2D eigenvalue weighted by molar-refractivity contribution is 0.490. The average molecular weight is 238 g/mol. The third-order valence-electron chi connectivity index (χ3n) is 2.89. The van der Waals surface area contributed by atoms with Crippen LogP contribution in [0.3, 0.4) is 0 Å². The molecule has 18 heavy (non-hydrogen) atoms. The summed E-state index contributed by atoms with van der Waals surface area (Å²) in [4.78, 5) is 4.34. The number of aromatic nitrogens is 1. The number of benzene rings is 1. The van der Waals surface area contributed by atoms with Crippen LogP contribution in [-0.2, 0) is 6.54 Å². The van der Waals surface area contributed by atoms with Gasteiger partial charge in [-0.1, -0.05) is 6.07 Å². The number of pyridine rings is 1. The maximum atomic E-state index is 5.54. The van der Waals surface area contributed by atoms with Crippen molar-refractivity contribution in [1.82, 2.24) is 4.98 Å². The van der Waals surface area contributed by atoms with Gasteiger partial charge in [0.1, 0.15) is 11.5 Å². The molecule has 0 aliphatic heterocycles. The largest absolute Gasteiger partial charge is 0.465 e. The van der Waals surface area contributed by atoms with Crippen molar-refractivity contribution >= 4 is 16.6 Å². The first-order chi connectivity index (χ1) is 8.83. The second-order valence-corrected chi connectivity index (χ2v) is 4.24. The number of hydrogen-bond donors (Lipinski definition) is 1. The molecular formula is C15H14N2O. The van der Waals surface area contributed by atoms with Crippen molar-refractivity contribution in [2.45, 2.75) is 13.5 Å². The van der Waals surface area contributed by atoms with Crippen molar-refractivity contribution in [2.75, 3.05) is 5.32 Å². The number of anilines is 1. The Kier molecular flexibility index (Phi) is 2.73. The monoisotopic (exact) mass is 238 g/mol. The molecule has 1 aromatic carbocycles. The molecule has 0 spiro atoms. The molecule has 3 nitrogen and oxygen atoms in total. The van der Waals surface area contributed by atoms with Crippen LogP contribution >= 0.6 is 0 Å². The Hall–Kier alpha value is -2.29. The zero-order valence-electron chi connectivity index (χ0n) is 10.2. The summed E-state index contributed by atoms with van der Waals surface area (Å²) >= 11 is 0. The van der Waals surface area contributed by atoms with Crippen LogP contribution in [-0.4, -0.2) is 4.98 Å². The van der Waals surface area contributed by atoms with Gasteiger partial charge in [-0.05, 0) is 43.3 Å². The lowest BCUT2D eigenvalue weighted by Gasteiger charge is -2.07. The second kappa shape index (κ2) is 4.53. The number of nitrogens with one attached hydrogen (secondary N) is 1. The van der Waals surface area contributed by atoms with Crippen molar-refractivity contribution in [3.63, 3.8) is 0 Å². The summed E-state index contributed by atoms with van der Waals surface area (Å²) in [5.74, 6) is 1.87. The van der Waals surface area contributed by atoms with Crippen molar-refractivity contribution < 1.29 is 4.42 Å². The molecule has 0 fully saturated rings. The van der Waals surface area contributed by atoms with E-state index < -0.39 is 0 Å². The molecule has 90 valence electrons. The van der Waals surface area contributed by atoms with Crippen LogP contribution in [0.15, 0.2) is 53.1 Å². The quantitative estimate of drug-likeness (QED) is 0.755. The molecule has 2 aromatic heterocycles. The van der Waals surface area contributed by atoms with E-state index in [-0.39, 0.29) is 0 Å². The maximum Gasteiger partial charge on any atom is 0.123 e. The number of rotatable bonds is 3. The van der Waals surface area contributed by atoms with Gasteiger partial charge < -0.3 is 9.73 Å². The first kappa shape index (κ1) is 10.8. The van der Waals surface area contributed by atoms with Crippen molar-refractivity contribution in [1.29, 1.82) is 0 Å². The Balaban J connectivity index is 1.86. The van der Waals surface area contributed by atoms with Crippen molar-refractivity contribution in [2.24, 2.45) is 0 Å². The Morgan fingerprint density at radius 3 is 2.89 bits per heavy atom.